The number of carbonyl (C=O) groups excluding carboxylic acids is 2. The topological polar surface area (TPSA) is 114 Å². The van der Waals surface area contributed by atoms with E-state index in [0.717, 1.165) is 0 Å². The van der Waals surface area contributed by atoms with Crippen molar-refractivity contribution in [2.45, 2.75) is 33.4 Å². The highest BCUT2D eigenvalue weighted by molar-refractivity contribution is 6.03. The van der Waals surface area contributed by atoms with Crippen molar-refractivity contribution >= 4 is 28.3 Å². The van der Waals surface area contributed by atoms with Gasteiger partial charge < -0.3 is 10.1 Å². The molecule has 1 atom stereocenters. The Bertz CT molecular complexity index is 1240. The molecule has 1 aromatic heterocycles. The van der Waals surface area contributed by atoms with Crippen LogP contribution >= 0.6 is 0 Å². The number of amides is 1. The molecule has 0 spiro atoms. The van der Waals surface area contributed by atoms with Gasteiger partial charge in [0.25, 0.3) is 11.5 Å². The van der Waals surface area contributed by atoms with Gasteiger partial charge in [-0.05, 0) is 37.1 Å². The predicted molar refractivity (Wildman–Crippen MR) is 116 cm³/mol. The fourth-order valence-corrected chi connectivity index (χ4v) is 3.04. The summed E-state index contributed by atoms with van der Waals surface area (Å²) in [5.74, 6) is -1.21. The van der Waals surface area contributed by atoms with E-state index in [1.807, 2.05) is 19.9 Å². The van der Waals surface area contributed by atoms with Crippen molar-refractivity contribution in [3.63, 3.8) is 0 Å². The molecule has 0 aliphatic heterocycles. The molecule has 3 aromatic rings. The van der Waals surface area contributed by atoms with Crippen LogP contribution in [0.25, 0.3) is 10.8 Å². The molecule has 1 amide bonds. The number of nitrogens with zero attached hydrogens (tertiary/aromatic N) is 3. The van der Waals surface area contributed by atoms with Crippen molar-refractivity contribution in [3.8, 4) is 6.07 Å². The number of nitriles is 1. The third kappa shape index (κ3) is 4.95. The highest BCUT2D eigenvalue weighted by Gasteiger charge is 2.23. The third-order valence-electron chi connectivity index (χ3n) is 4.51. The van der Waals surface area contributed by atoms with E-state index < -0.39 is 18.0 Å². The molecule has 3 rings (SSSR count). The Kier molecular flexibility index (Phi) is 6.46. The summed E-state index contributed by atoms with van der Waals surface area (Å²) in [5.41, 5.74) is 0.498. The van der Waals surface area contributed by atoms with Crippen LogP contribution in [0, 0.1) is 17.2 Å². The van der Waals surface area contributed by atoms with Crippen LogP contribution in [0.1, 0.15) is 36.8 Å². The van der Waals surface area contributed by atoms with E-state index in [1.165, 1.54) is 17.7 Å². The number of hydrogen-bond acceptors (Lipinski definition) is 6. The molecular weight excluding hydrogens is 396 g/mol. The van der Waals surface area contributed by atoms with Gasteiger partial charge >= 0.3 is 5.97 Å². The second kappa shape index (κ2) is 9.22. The quantitative estimate of drug-likeness (QED) is 0.615. The van der Waals surface area contributed by atoms with Gasteiger partial charge in [-0.25, -0.2) is 9.48 Å². The average Bonchev–Trinajstić information content (AvgIpc) is 2.75. The molecule has 0 saturated carbocycles. The fraction of sp³-hybridized carbons (Fsp3) is 0.261. The second-order valence-electron chi connectivity index (χ2n) is 7.50. The number of nitrogens with one attached hydrogen (secondary N) is 1. The molecule has 158 valence electrons. The number of hydrogen-bond donors (Lipinski definition) is 1. The van der Waals surface area contributed by atoms with Gasteiger partial charge in [-0.15, -0.1) is 0 Å². The molecule has 8 heteroatoms. The first-order valence-corrected chi connectivity index (χ1v) is 9.82. The monoisotopic (exact) mass is 418 g/mol. The number of carbonyl (C=O) groups is 2. The summed E-state index contributed by atoms with van der Waals surface area (Å²) >= 11 is 0. The summed E-state index contributed by atoms with van der Waals surface area (Å²) in [6.07, 6.45) is -1.12. The Morgan fingerprint density at radius 2 is 1.84 bits per heavy atom. The number of fused-ring (bicyclic) bond motifs is 1. The van der Waals surface area contributed by atoms with E-state index in [9.17, 15) is 14.4 Å². The smallest absolute Gasteiger partial charge is 0.360 e. The van der Waals surface area contributed by atoms with Gasteiger partial charge in [0.05, 0.1) is 17.0 Å². The zero-order chi connectivity index (χ0) is 22.5. The Hall–Kier alpha value is -3.99. The van der Waals surface area contributed by atoms with Crippen molar-refractivity contribution < 1.29 is 14.3 Å². The predicted octanol–water partition coefficient (Wildman–Crippen LogP) is 3.11. The minimum atomic E-state index is -1.12. The summed E-state index contributed by atoms with van der Waals surface area (Å²) in [6.45, 7) is 5.66. The lowest BCUT2D eigenvalue weighted by Gasteiger charge is -2.15. The Balaban J connectivity index is 1.85. The molecule has 0 saturated heterocycles. The van der Waals surface area contributed by atoms with Crippen molar-refractivity contribution in [3.05, 3.63) is 70.1 Å². The molecular formula is C23H22N4O4. The van der Waals surface area contributed by atoms with Gasteiger partial charge in [0, 0.05) is 17.6 Å². The van der Waals surface area contributed by atoms with E-state index in [4.69, 9.17) is 10.00 Å². The molecule has 0 aliphatic carbocycles. The van der Waals surface area contributed by atoms with Crippen molar-refractivity contribution in [2.75, 3.05) is 5.32 Å². The molecule has 0 aliphatic rings. The molecule has 8 nitrogen and oxygen atoms in total. The first kappa shape index (κ1) is 21.7. The summed E-state index contributed by atoms with van der Waals surface area (Å²) in [4.78, 5) is 38.0. The highest BCUT2D eigenvalue weighted by atomic mass is 16.5. The number of ether oxygens (including phenoxy) is 1. The van der Waals surface area contributed by atoms with Gasteiger partial charge in [-0.3, -0.25) is 9.59 Å². The molecule has 0 unspecified atom stereocenters. The first-order valence-electron chi connectivity index (χ1n) is 9.82. The molecule has 1 heterocycles. The molecule has 1 N–H and O–H groups in total. The van der Waals surface area contributed by atoms with Crippen LogP contribution in [0.5, 0.6) is 0 Å². The molecule has 31 heavy (non-hydrogen) atoms. The van der Waals surface area contributed by atoms with E-state index in [2.05, 4.69) is 10.4 Å². The lowest BCUT2D eigenvalue weighted by molar-refractivity contribution is -0.123. The maximum Gasteiger partial charge on any atom is 0.360 e. The van der Waals surface area contributed by atoms with Crippen LogP contribution < -0.4 is 10.9 Å². The second-order valence-corrected chi connectivity index (χ2v) is 7.50. The molecule has 2 aromatic carbocycles. The third-order valence-corrected chi connectivity index (χ3v) is 4.51. The minimum absolute atomic E-state index is 0.0259. The first-order chi connectivity index (χ1) is 14.8. The van der Waals surface area contributed by atoms with Gasteiger partial charge in [-0.1, -0.05) is 38.1 Å². The maximum absolute atomic E-state index is 12.9. The highest BCUT2D eigenvalue weighted by Crippen LogP contribution is 2.16. The van der Waals surface area contributed by atoms with E-state index in [1.54, 1.807) is 42.5 Å². The lowest BCUT2D eigenvalue weighted by atomic mass is 10.1. The summed E-state index contributed by atoms with van der Waals surface area (Å²) in [6, 6.07) is 15.1. The van der Waals surface area contributed by atoms with Gasteiger partial charge in [0.2, 0.25) is 0 Å². The van der Waals surface area contributed by atoms with Crippen LogP contribution in [-0.2, 0) is 16.1 Å². The van der Waals surface area contributed by atoms with Crippen molar-refractivity contribution in [2.24, 2.45) is 5.92 Å². The number of esters is 1. The summed E-state index contributed by atoms with van der Waals surface area (Å²) in [5, 5.41) is 16.5. The maximum atomic E-state index is 12.9. The van der Waals surface area contributed by atoms with Crippen LogP contribution in [-0.4, -0.2) is 27.8 Å². The van der Waals surface area contributed by atoms with E-state index in [0.29, 0.717) is 28.6 Å². The minimum Gasteiger partial charge on any atom is -0.448 e. The van der Waals surface area contributed by atoms with Crippen LogP contribution in [0.15, 0.2) is 53.3 Å². The number of benzene rings is 2. The van der Waals surface area contributed by atoms with E-state index >= 15 is 0 Å². The van der Waals surface area contributed by atoms with Crippen molar-refractivity contribution in [1.82, 2.24) is 9.78 Å². The largest absolute Gasteiger partial charge is 0.448 e. The molecule has 0 fully saturated rings. The van der Waals surface area contributed by atoms with Crippen LogP contribution in [0.2, 0.25) is 0 Å². The number of rotatable bonds is 6. The van der Waals surface area contributed by atoms with Gasteiger partial charge in [0.1, 0.15) is 0 Å². The molecule has 0 bridgehead atoms. The number of anilines is 1. The van der Waals surface area contributed by atoms with Crippen molar-refractivity contribution in [1.29, 1.82) is 5.26 Å². The Labute approximate surface area is 179 Å². The van der Waals surface area contributed by atoms with Crippen LogP contribution in [0.3, 0.4) is 0 Å². The zero-order valence-corrected chi connectivity index (χ0v) is 17.5. The normalized spacial score (nSPS) is 11.7. The molecule has 0 radical (unpaired) electrons. The van der Waals surface area contributed by atoms with Gasteiger partial charge in [-0.2, -0.15) is 10.4 Å². The van der Waals surface area contributed by atoms with Crippen LogP contribution in [0.4, 0.5) is 5.69 Å². The number of aromatic nitrogens is 2. The summed E-state index contributed by atoms with van der Waals surface area (Å²) < 4.78 is 6.59. The summed E-state index contributed by atoms with van der Waals surface area (Å²) in [7, 11) is 0. The Morgan fingerprint density at radius 3 is 2.52 bits per heavy atom. The van der Waals surface area contributed by atoms with Gasteiger partial charge in [0.15, 0.2) is 11.8 Å². The Morgan fingerprint density at radius 1 is 1.13 bits per heavy atom. The zero-order valence-electron chi connectivity index (χ0n) is 17.5. The van der Waals surface area contributed by atoms with E-state index in [-0.39, 0.29) is 17.2 Å². The SMILES string of the molecule is CC(C)Cn1nc(C(=O)O[C@@H](C)C(=O)Nc2cccc(C#N)c2)c2ccccc2c1=O. The fourth-order valence-electron chi connectivity index (χ4n) is 3.04. The average molecular weight is 418 g/mol. The standard InChI is InChI=1S/C23H22N4O4/c1-14(2)13-27-22(29)19-10-5-4-9-18(19)20(26-27)23(30)31-15(3)21(28)25-17-8-6-7-16(11-17)12-24/h4-11,14-15H,13H2,1-3H3,(H,25,28)/t15-/m0/s1. The lowest BCUT2D eigenvalue weighted by Crippen LogP contribution is -2.32.